The molecule has 3 unspecified atom stereocenters. The Morgan fingerprint density at radius 2 is 2.00 bits per heavy atom. The molecule has 3 aliphatic carbocycles. The van der Waals surface area contributed by atoms with Gasteiger partial charge in [-0.25, -0.2) is 0 Å². The second-order valence-corrected chi connectivity index (χ2v) is 11.3. The molecule has 4 aromatic rings. The van der Waals surface area contributed by atoms with E-state index < -0.39 is 0 Å². The first-order valence-electron chi connectivity index (χ1n) is 12.2. The number of hydrogen-bond donors (Lipinski definition) is 1. The molecule has 3 saturated carbocycles. The second kappa shape index (κ2) is 7.88. The van der Waals surface area contributed by atoms with E-state index >= 15 is 0 Å². The number of nitrogens with one attached hydrogen (secondary N) is 1. The highest BCUT2D eigenvalue weighted by atomic mass is 35.5. The van der Waals surface area contributed by atoms with Crippen molar-refractivity contribution in [3.63, 3.8) is 0 Å². The SMILES string of the molecule is Cc1ccc(Cn2nc(C(=O)NCC3CCC4CC3C4(C)C)c3oc4cc(Cl)ccc4c32)cc1. The first-order chi connectivity index (χ1) is 16.3. The molecule has 2 aromatic carbocycles. The predicted molar refractivity (Wildman–Crippen MR) is 135 cm³/mol. The van der Waals surface area contributed by atoms with Gasteiger partial charge < -0.3 is 9.73 Å². The monoisotopic (exact) mass is 475 g/mol. The van der Waals surface area contributed by atoms with Gasteiger partial charge in [0, 0.05) is 23.0 Å². The van der Waals surface area contributed by atoms with Crippen molar-refractivity contribution >= 4 is 39.6 Å². The van der Waals surface area contributed by atoms with Crippen LogP contribution < -0.4 is 5.32 Å². The summed E-state index contributed by atoms with van der Waals surface area (Å²) in [6, 6.07) is 14.0. The van der Waals surface area contributed by atoms with Crippen LogP contribution in [0.2, 0.25) is 5.02 Å². The lowest BCUT2D eigenvalue weighted by atomic mass is 9.45. The first-order valence-corrected chi connectivity index (χ1v) is 12.6. The molecule has 176 valence electrons. The zero-order valence-electron chi connectivity index (χ0n) is 19.9. The van der Waals surface area contributed by atoms with Crippen LogP contribution in [0, 0.1) is 30.1 Å². The van der Waals surface area contributed by atoms with Crippen LogP contribution in [-0.2, 0) is 6.54 Å². The zero-order chi connectivity index (χ0) is 23.6. The number of nitrogens with zero attached hydrogens (tertiary/aromatic N) is 2. The first kappa shape index (κ1) is 21.7. The molecule has 2 aromatic heterocycles. The molecule has 1 N–H and O–H groups in total. The molecule has 3 aliphatic rings. The van der Waals surface area contributed by atoms with E-state index in [1.807, 2.05) is 16.8 Å². The van der Waals surface area contributed by atoms with Crippen molar-refractivity contribution in [2.24, 2.45) is 23.2 Å². The Labute approximate surface area is 204 Å². The normalized spacial score (nSPS) is 23.2. The molecule has 6 heteroatoms. The fraction of sp³-hybridized carbons (Fsp3) is 0.429. The number of carbonyl (C=O) groups excluding carboxylic acids is 1. The standard InChI is InChI=1S/C28H30ClN3O2/c1-16-4-6-17(7-5-16)15-32-25-21-11-10-20(29)13-23(21)34-26(25)24(31-32)27(33)30-14-18-8-9-19-12-22(18)28(19,2)3/h4-7,10-11,13,18-19,22H,8-9,12,14-15H2,1-3H3,(H,30,33). The van der Waals surface area contributed by atoms with Gasteiger partial charge in [0.25, 0.3) is 5.91 Å². The van der Waals surface area contributed by atoms with Crippen LogP contribution in [-0.4, -0.2) is 22.2 Å². The lowest BCUT2D eigenvalue weighted by molar-refractivity contribution is -0.103. The number of furan rings is 1. The third-order valence-corrected chi connectivity index (χ3v) is 8.75. The Morgan fingerprint density at radius 3 is 2.74 bits per heavy atom. The third-order valence-electron chi connectivity index (χ3n) is 8.51. The number of aryl methyl sites for hydroxylation is 1. The topological polar surface area (TPSA) is 60.1 Å². The smallest absolute Gasteiger partial charge is 0.275 e. The molecule has 3 fully saturated rings. The summed E-state index contributed by atoms with van der Waals surface area (Å²) in [5, 5.41) is 9.45. The van der Waals surface area contributed by atoms with Crippen molar-refractivity contribution in [2.75, 3.05) is 6.54 Å². The fourth-order valence-electron chi connectivity index (χ4n) is 6.33. The van der Waals surface area contributed by atoms with E-state index in [-0.39, 0.29) is 5.91 Å². The van der Waals surface area contributed by atoms with Crippen LogP contribution in [0.4, 0.5) is 0 Å². The van der Waals surface area contributed by atoms with Crippen LogP contribution in [0.25, 0.3) is 22.1 Å². The predicted octanol–water partition coefficient (Wildman–Crippen LogP) is 6.59. The summed E-state index contributed by atoms with van der Waals surface area (Å²) < 4.78 is 8.03. The number of halogens is 1. The van der Waals surface area contributed by atoms with Crippen molar-refractivity contribution in [1.82, 2.24) is 15.1 Å². The summed E-state index contributed by atoms with van der Waals surface area (Å²) in [5.41, 5.74) is 5.09. The summed E-state index contributed by atoms with van der Waals surface area (Å²) in [6.45, 7) is 8.09. The molecule has 0 spiro atoms. The molecular formula is C28H30ClN3O2. The lowest BCUT2D eigenvalue weighted by Gasteiger charge is -2.60. The molecule has 2 bridgehead atoms. The summed E-state index contributed by atoms with van der Waals surface area (Å²) in [4.78, 5) is 13.4. The van der Waals surface area contributed by atoms with Gasteiger partial charge in [0.1, 0.15) is 11.1 Å². The van der Waals surface area contributed by atoms with Gasteiger partial charge in [-0.3, -0.25) is 9.48 Å². The summed E-state index contributed by atoms with van der Waals surface area (Å²) >= 11 is 6.21. The van der Waals surface area contributed by atoms with Crippen molar-refractivity contribution in [3.8, 4) is 0 Å². The molecule has 0 saturated heterocycles. The van der Waals surface area contributed by atoms with Crippen LogP contribution in [0.1, 0.15) is 54.7 Å². The number of fused-ring (bicyclic) bond motifs is 5. The Balaban J connectivity index is 1.33. The highest BCUT2D eigenvalue weighted by molar-refractivity contribution is 6.31. The van der Waals surface area contributed by atoms with Crippen LogP contribution >= 0.6 is 11.6 Å². The third kappa shape index (κ3) is 3.44. The molecule has 1 amide bonds. The van der Waals surface area contributed by atoms with Gasteiger partial charge in [0.15, 0.2) is 11.3 Å². The maximum atomic E-state index is 13.4. The van der Waals surface area contributed by atoms with Gasteiger partial charge in [0.2, 0.25) is 0 Å². The van der Waals surface area contributed by atoms with E-state index in [2.05, 4.69) is 50.4 Å². The van der Waals surface area contributed by atoms with Crippen molar-refractivity contribution < 1.29 is 9.21 Å². The van der Waals surface area contributed by atoms with E-state index in [1.54, 1.807) is 6.07 Å². The van der Waals surface area contributed by atoms with E-state index in [4.69, 9.17) is 21.1 Å². The van der Waals surface area contributed by atoms with E-state index in [1.165, 1.54) is 24.8 Å². The number of rotatable bonds is 5. The number of carbonyl (C=O) groups is 1. The van der Waals surface area contributed by atoms with Crippen molar-refractivity contribution in [2.45, 2.75) is 46.6 Å². The average molecular weight is 476 g/mol. The molecular weight excluding hydrogens is 446 g/mol. The second-order valence-electron chi connectivity index (χ2n) is 10.8. The summed E-state index contributed by atoms with van der Waals surface area (Å²) in [5.74, 6) is 1.91. The van der Waals surface area contributed by atoms with E-state index in [9.17, 15) is 4.79 Å². The Bertz CT molecular complexity index is 1400. The molecule has 2 heterocycles. The van der Waals surface area contributed by atoms with Crippen LogP contribution in [0.3, 0.4) is 0 Å². The largest absolute Gasteiger partial charge is 0.452 e. The highest BCUT2D eigenvalue weighted by Gasteiger charge is 2.54. The molecule has 0 aliphatic heterocycles. The van der Waals surface area contributed by atoms with Crippen molar-refractivity contribution in [1.29, 1.82) is 0 Å². The van der Waals surface area contributed by atoms with Gasteiger partial charge in [-0.15, -0.1) is 0 Å². The molecule has 7 rings (SSSR count). The molecule has 0 radical (unpaired) electrons. The Kier molecular flexibility index (Phi) is 5.03. The minimum absolute atomic E-state index is 0.169. The molecule has 5 nitrogen and oxygen atoms in total. The zero-order valence-corrected chi connectivity index (χ0v) is 20.7. The number of amides is 1. The van der Waals surface area contributed by atoms with Crippen molar-refractivity contribution in [3.05, 3.63) is 64.3 Å². The molecule has 34 heavy (non-hydrogen) atoms. The maximum Gasteiger partial charge on any atom is 0.275 e. The minimum atomic E-state index is -0.169. The highest BCUT2D eigenvalue weighted by Crippen LogP contribution is 2.61. The van der Waals surface area contributed by atoms with Gasteiger partial charge >= 0.3 is 0 Å². The number of benzene rings is 2. The average Bonchev–Trinajstić information content (AvgIpc) is 3.36. The van der Waals surface area contributed by atoms with Gasteiger partial charge in [0.05, 0.1) is 6.54 Å². The van der Waals surface area contributed by atoms with Gasteiger partial charge in [-0.05, 0) is 67.1 Å². The molecule has 3 atom stereocenters. The van der Waals surface area contributed by atoms with E-state index in [0.29, 0.717) is 52.2 Å². The van der Waals surface area contributed by atoms with Crippen LogP contribution in [0.15, 0.2) is 46.9 Å². The van der Waals surface area contributed by atoms with Gasteiger partial charge in [-0.2, -0.15) is 5.10 Å². The quantitative estimate of drug-likeness (QED) is 0.354. The Morgan fingerprint density at radius 1 is 1.21 bits per heavy atom. The number of hydrogen-bond acceptors (Lipinski definition) is 3. The maximum absolute atomic E-state index is 13.4. The van der Waals surface area contributed by atoms with Gasteiger partial charge in [-0.1, -0.05) is 55.3 Å². The summed E-state index contributed by atoms with van der Waals surface area (Å²) in [6.07, 6.45) is 3.76. The fourth-order valence-corrected chi connectivity index (χ4v) is 6.50. The minimum Gasteiger partial charge on any atom is -0.452 e. The lowest BCUT2D eigenvalue weighted by Crippen LogP contribution is -2.54. The summed E-state index contributed by atoms with van der Waals surface area (Å²) in [7, 11) is 0. The number of aromatic nitrogens is 2. The Hall–Kier alpha value is -2.79. The van der Waals surface area contributed by atoms with Crippen LogP contribution in [0.5, 0.6) is 0 Å². The van der Waals surface area contributed by atoms with E-state index in [0.717, 1.165) is 22.4 Å².